The Kier molecular flexibility index (Phi) is 4.74. The summed E-state index contributed by atoms with van der Waals surface area (Å²) in [6, 6.07) is 4.51. The van der Waals surface area contributed by atoms with Crippen molar-refractivity contribution in [3.8, 4) is 0 Å². The molecule has 1 aromatic rings. The molecule has 0 saturated heterocycles. The van der Waals surface area contributed by atoms with Gasteiger partial charge in [-0.05, 0) is 37.5 Å². The zero-order chi connectivity index (χ0) is 14.9. The molecule has 0 heterocycles. The lowest BCUT2D eigenvalue weighted by molar-refractivity contribution is 0.0638. The zero-order valence-electron chi connectivity index (χ0n) is 11.7. The third-order valence-electron chi connectivity index (χ3n) is 4.04. The van der Waals surface area contributed by atoms with Gasteiger partial charge < -0.3 is 5.11 Å². The largest absolute Gasteiger partial charge is 0.391 e. The number of halogens is 1. The lowest BCUT2D eigenvalue weighted by Crippen LogP contribution is -2.46. The van der Waals surface area contributed by atoms with E-state index >= 15 is 0 Å². The lowest BCUT2D eigenvalue weighted by atomic mass is 9.93. The normalized spacial score (nSPS) is 24.1. The number of nitrogens with zero attached hydrogens (tertiary/aromatic N) is 1. The molecular formula is C14H20ClNO3S. The van der Waals surface area contributed by atoms with Gasteiger partial charge in [0.05, 0.1) is 17.0 Å². The van der Waals surface area contributed by atoms with E-state index in [0.717, 1.165) is 12.8 Å². The van der Waals surface area contributed by atoms with Crippen LogP contribution in [0.25, 0.3) is 0 Å². The third kappa shape index (κ3) is 2.86. The molecule has 112 valence electrons. The first kappa shape index (κ1) is 15.8. The van der Waals surface area contributed by atoms with Gasteiger partial charge in [-0.2, -0.15) is 4.31 Å². The molecule has 4 nitrogen and oxygen atoms in total. The fourth-order valence-electron chi connectivity index (χ4n) is 2.72. The maximum atomic E-state index is 12.7. The van der Waals surface area contributed by atoms with Crippen LogP contribution in [0.1, 0.15) is 31.2 Å². The molecule has 0 bridgehead atoms. The van der Waals surface area contributed by atoms with Crippen LogP contribution in [-0.4, -0.2) is 37.0 Å². The summed E-state index contributed by atoms with van der Waals surface area (Å²) in [5, 5.41) is 10.5. The molecule has 20 heavy (non-hydrogen) atoms. The fraction of sp³-hybridized carbons (Fsp3) is 0.571. The summed E-state index contributed by atoms with van der Waals surface area (Å²) in [7, 11) is -2.10. The minimum absolute atomic E-state index is 0.213. The van der Waals surface area contributed by atoms with E-state index in [1.54, 1.807) is 25.1 Å². The van der Waals surface area contributed by atoms with Crippen LogP contribution >= 0.6 is 11.6 Å². The van der Waals surface area contributed by atoms with Crippen molar-refractivity contribution < 1.29 is 13.5 Å². The second-order valence-electron chi connectivity index (χ2n) is 5.30. The highest BCUT2D eigenvalue weighted by Gasteiger charge is 2.34. The quantitative estimate of drug-likeness (QED) is 0.932. The third-order valence-corrected chi connectivity index (χ3v) is 6.47. The van der Waals surface area contributed by atoms with Gasteiger partial charge in [0.25, 0.3) is 0 Å². The molecule has 0 aromatic heterocycles. The Bertz CT molecular complexity index is 588. The van der Waals surface area contributed by atoms with E-state index in [0.29, 0.717) is 23.4 Å². The number of likely N-dealkylation sites (N-methyl/N-ethyl adjacent to an activating group) is 1. The van der Waals surface area contributed by atoms with E-state index in [1.807, 2.05) is 0 Å². The fourth-order valence-corrected chi connectivity index (χ4v) is 4.61. The van der Waals surface area contributed by atoms with Crippen LogP contribution < -0.4 is 0 Å². The van der Waals surface area contributed by atoms with Crippen LogP contribution in [0.4, 0.5) is 0 Å². The molecule has 1 aromatic carbocycles. The summed E-state index contributed by atoms with van der Waals surface area (Å²) in [4.78, 5) is 0.213. The van der Waals surface area contributed by atoms with Crippen LogP contribution in [0.3, 0.4) is 0 Å². The monoisotopic (exact) mass is 317 g/mol. The summed E-state index contributed by atoms with van der Waals surface area (Å²) < 4.78 is 26.7. The summed E-state index contributed by atoms with van der Waals surface area (Å²) in [5.41, 5.74) is 0.548. The number of hydrogen-bond acceptors (Lipinski definition) is 3. The Hall–Kier alpha value is -0.620. The first-order valence-electron chi connectivity index (χ1n) is 6.77. The first-order valence-corrected chi connectivity index (χ1v) is 8.58. The van der Waals surface area contributed by atoms with Gasteiger partial charge in [-0.1, -0.05) is 30.5 Å². The Morgan fingerprint density at radius 1 is 1.30 bits per heavy atom. The first-order chi connectivity index (χ1) is 9.35. The minimum atomic E-state index is -3.64. The van der Waals surface area contributed by atoms with Gasteiger partial charge in [-0.3, -0.25) is 0 Å². The second-order valence-corrected chi connectivity index (χ2v) is 7.68. The van der Waals surface area contributed by atoms with Crippen molar-refractivity contribution >= 4 is 21.6 Å². The van der Waals surface area contributed by atoms with Gasteiger partial charge in [0.15, 0.2) is 0 Å². The van der Waals surface area contributed by atoms with Crippen LogP contribution in [-0.2, 0) is 10.0 Å². The molecule has 1 fully saturated rings. The lowest BCUT2D eigenvalue weighted by Gasteiger charge is -2.34. The van der Waals surface area contributed by atoms with Crippen molar-refractivity contribution in [2.75, 3.05) is 7.05 Å². The van der Waals surface area contributed by atoms with E-state index in [2.05, 4.69) is 0 Å². The predicted molar refractivity (Wildman–Crippen MR) is 79.4 cm³/mol. The summed E-state index contributed by atoms with van der Waals surface area (Å²) in [5.74, 6) is 0. The average Bonchev–Trinajstić information content (AvgIpc) is 2.41. The molecule has 2 rings (SSSR count). The van der Waals surface area contributed by atoms with Gasteiger partial charge in [-0.15, -0.1) is 0 Å². The molecule has 1 saturated carbocycles. The second kappa shape index (κ2) is 6.02. The molecule has 2 unspecified atom stereocenters. The number of benzene rings is 1. The van der Waals surface area contributed by atoms with Crippen molar-refractivity contribution in [2.45, 2.75) is 49.6 Å². The Morgan fingerprint density at radius 3 is 2.60 bits per heavy atom. The Balaban J connectivity index is 2.36. The summed E-state index contributed by atoms with van der Waals surface area (Å²) in [6.07, 6.45) is 2.64. The number of aliphatic hydroxyl groups is 1. The van der Waals surface area contributed by atoms with E-state index in [1.165, 1.54) is 11.4 Å². The molecule has 2 atom stereocenters. The molecule has 0 spiro atoms. The van der Waals surface area contributed by atoms with E-state index in [9.17, 15) is 13.5 Å². The maximum absolute atomic E-state index is 12.7. The molecule has 0 radical (unpaired) electrons. The summed E-state index contributed by atoms with van der Waals surface area (Å²) in [6.45, 7) is 1.69. The van der Waals surface area contributed by atoms with Crippen molar-refractivity contribution in [3.05, 3.63) is 28.8 Å². The standard InChI is InChI=1S/C14H20ClNO3S/c1-10-11(15)6-5-9-14(10)20(18,19)16(2)12-7-3-4-8-13(12)17/h5-6,9,12-13,17H,3-4,7-8H2,1-2H3. The van der Waals surface area contributed by atoms with E-state index in [-0.39, 0.29) is 10.9 Å². The minimum Gasteiger partial charge on any atom is -0.391 e. The number of sulfonamides is 1. The van der Waals surface area contributed by atoms with Gasteiger partial charge in [-0.25, -0.2) is 8.42 Å². The van der Waals surface area contributed by atoms with Gasteiger partial charge in [0.1, 0.15) is 0 Å². The Labute approximate surface area is 125 Å². The van der Waals surface area contributed by atoms with Crippen LogP contribution in [0, 0.1) is 6.92 Å². The van der Waals surface area contributed by atoms with Crippen LogP contribution in [0.15, 0.2) is 23.1 Å². The molecule has 1 aliphatic rings. The Morgan fingerprint density at radius 2 is 1.95 bits per heavy atom. The van der Waals surface area contributed by atoms with Crippen molar-refractivity contribution in [2.24, 2.45) is 0 Å². The molecule has 0 amide bonds. The number of hydrogen-bond donors (Lipinski definition) is 1. The van der Waals surface area contributed by atoms with E-state index in [4.69, 9.17) is 11.6 Å². The molecular weight excluding hydrogens is 298 g/mol. The highest BCUT2D eigenvalue weighted by atomic mass is 35.5. The summed E-state index contributed by atoms with van der Waals surface area (Å²) >= 11 is 6.01. The molecule has 1 aliphatic carbocycles. The smallest absolute Gasteiger partial charge is 0.243 e. The van der Waals surface area contributed by atoms with Crippen molar-refractivity contribution in [1.82, 2.24) is 4.31 Å². The molecule has 1 N–H and O–H groups in total. The number of aliphatic hydroxyl groups excluding tert-OH is 1. The van der Waals surface area contributed by atoms with E-state index < -0.39 is 16.1 Å². The topological polar surface area (TPSA) is 57.6 Å². The van der Waals surface area contributed by atoms with Gasteiger partial charge >= 0.3 is 0 Å². The average molecular weight is 318 g/mol. The van der Waals surface area contributed by atoms with Crippen molar-refractivity contribution in [3.63, 3.8) is 0 Å². The van der Waals surface area contributed by atoms with Crippen molar-refractivity contribution in [1.29, 1.82) is 0 Å². The highest BCUT2D eigenvalue weighted by Crippen LogP contribution is 2.30. The van der Waals surface area contributed by atoms with Crippen LogP contribution in [0.5, 0.6) is 0 Å². The van der Waals surface area contributed by atoms with Gasteiger partial charge in [0.2, 0.25) is 10.0 Å². The highest BCUT2D eigenvalue weighted by molar-refractivity contribution is 7.89. The molecule has 6 heteroatoms. The SMILES string of the molecule is Cc1c(Cl)cccc1S(=O)(=O)N(C)C1CCCCC1O. The molecule has 0 aliphatic heterocycles. The van der Waals surface area contributed by atoms with Gasteiger partial charge in [0, 0.05) is 12.1 Å². The zero-order valence-corrected chi connectivity index (χ0v) is 13.3. The number of rotatable bonds is 3. The van der Waals surface area contributed by atoms with Crippen LogP contribution in [0.2, 0.25) is 5.02 Å². The maximum Gasteiger partial charge on any atom is 0.243 e. The predicted octanol–water partition coefficient (Wildman–Crippen LogP) is 2.57.